The van der Waals surface area contributed by atoms with Crippen molar-refractivity contribution in [2.45, 2.75) is 58.8 Å². The normalized spacial score (nSPS) is 32.2. The summed E-state index contributed by atoms with van der Waals surface area (Å²) in [5, 5.41) is 0. The van der Waals surface area contributed by atoms with Crippen LogP contribution in [0.2, 0.25) is 0 Å². The van der Waals surface area contributed by atoms with Crippen LogP contribution in [0.25, 0.3) is 0 Å². The van der Waals surface area contributed by atoms with Crippen LogP contribution in [-0.2, 0) is 0 Å². The molecule has 0 heteroatoms. The first-order chi connectivity index (χ1) is 6.34. The van der Waals surface area contributed by atoms with Gasteiger partial charge in [0.2, 0.25) is 0 Å². The Labute approximate surface area is 83.4 Å². The highest BCUT2D eigenvalue weighted by molar-refractivity contribution is 4.86. The molecule has 0 heterocycles. The summed E-state index contributed by atoms with van der Waals surface area (Å²) in [4.78, 5) is 0. The minimum Gasteiger partial charge on any atom is -0.0885 e. The Morgan fingerprint density at radius 1 is 1.15 bits per heavy atom. The smallest absolute Gasteiger partial charge is 0.0348 e. The Bertz CT molecular complexity index is 146. The van der Waals surface area contributed by atoms with E-state index in [0.29, 0.717) is 0 Å². The first-order valence-corrected chi connectivity index (χ1v) is 5.99. The van der Waals surface area contributed by atoms with Crippen molar-refractivity contribution >= 4 is 0 Å². The van der Waals surface area contributed by atoms with Crippen molar-refractivity contribution in [2.24, 2.45) is 11.8 Å². The van der Waals surface area contributed by atoms with Gasteiger partial charge in [0.15, 0.2) is 0 Å². The molecule has 2 atom stereocenters. The topological polar surface area (TPSA) is 0 Å². The summed E-state index contributed by atoms with van der Waals surface area (Å²) in [7, 11) is 0. The van der Waals surface area contributed by atoms with Crippen LogP contribution < -0.4 is 0 Å². The number of hydrogen-bond acceptors (Lipinski definition) is 0. The fourth-order valence-corrected chi connectivity index (χ4v) is 2.32. The average molecular weight is 180 g/mol. The van der Waals surface area contributed by atoms with Gasteiger partial charge in [-0.2, -0.15) is 0 Å². The van der Waals surface area contributed by atoms with Gasteiger partial charge in [-0.1, -0.05) is 45.3 Å². The van der Waals surface area contributed by atoms with Gasteiger partial charge in [0.25, 0.3) is 0 Å². The van der Waals surface area contributed by atoms with Gasteiger partial charge in [-0.05, 0) is 37.5 Å². The van der Waals surface area contributed by atoms with Crippen LogP contribution in [0.3, 0.4) is 0 Å². The van der Waals surface area contributed by atoms with Crippen LogP contribution in [0.1, 0.15) is 58.8 Å². The lowest BCUT2D eigenvalue weighted by Crippen LogP contribution is -2.12. The molecule has 0 saturated carbocycles. The van der Waals surface area contributed by atoms with E-state index in [4.69, 9.17) is 0 Å². The van der Waals surface area contributed by atoms with Crippen molar-refractivity contribution in [2.75, 3.05) is 0 Å². The number of hydrogen-bond donors (Lipinski definition) is 0. The van der Waals surface area contributed by atoms with Crippen molar-refractivity contribution in [3.8, 4) is 0 Å². The average Bonchev–Trinajstić information content (AvgIpc) is 2.11. The molecule has 0 amide bonds. The molecule has 0 aromatic carbocycles. The maximum Gasteiger partial charge on any atom is -0.0348 e. The van der Waals surface area contributed by atoms with Gasteiger partial charge in [0, 0.05) is 0 Å². The van der Waals surface area contributed by atoms with Crippen LogP contribution >= 0.6 is 0 Å². The molecule has 0 radical (unpaired) electrons. The number of rotatable bonds is 3. The first kappa shape index (κ1) is 10.8. The summed E-state index contributed by atoms with van der Waals surface area (Å²) in [6.45, 7) is 4.74. The first-order valence-electron chi connectivity index (χ1n) is 5.99. The third kappa shape index (κ3) is 3.97. The van der Waals surface area contributed by atoms with Gasteiger partial charge in [-0.3, -0.25) is 0 Å². The SMILES string of the molecule is CCCCC1CC/C=C\CCC1C. The van der Waals surface area contributed by atoms with Gasteiger partial charge < -0.3 is 0 Å². The maximum atomic E-state index is 2.44. The number of unbranched alkanes of at least 4 members (excludes halogenated alkanes) is 1. The van der Waals surface area contributed by atoms with Gasteiger partial charge in [0.1, 0.15) is 0 Å². The molecular formula is C13H24. The lowest BCUT2D eigenvalue weighted by atomic mass is 9.82. The molecule has 0 nitrogen and oxygen atoms in total. The van der Waals surface area contributed by atoms with Crippen molar-refractivity contribution in [3.63, 3.8) is 0 Å². The third-order valence-corrected chi connectivity index (χ3v) is 3.39. The van der Waals surface area contributed by atoms with Gasteiger partial charge in [-0.25, -0.2) is 0 Å². The summed E-state index contributed by atoms with van der Waals surface area (Å²) >= 11 is 0. The van der Waals surface area contributed by atoms with Crippen LogP contribution in [0, 0.1) is 11.8 Å². The van der Waals surface area contributed by atoms with E-state index >= 15 is 0 Å². The summed E-state index contributed by atoms with van der Waals surface area (Å²) in [5.41, 5.74) is 0. The van der Waals surface area contributed by atoms with Gasteiger partial charge >= 0.3 is 0 Å². The van der Waals surface area contributed by atoms with E-state index in [1.54, 1.807) is 0 Å². The molecule has 1 aliphatic rings. The predicted octanol–water partition coefficient (Wildman–Crippen LogP) is 4.56. The molecule has 0 N–H and O–H groups in total. The monoisotopic (exact) mass is 180 g/mol. The highest BCUT2D eigenvalue weighted by atomic mass is 14.2. The Morgan fingerprint density at radius 2 is 1.85 bits per heavy atom. The fraction of sp³-hybridized carbons (Fsp3) is 0.846. The molecule has 0 aliphatic heterocycles. The molecule has 13 heavy (non-hydrogen) atoms. The summed E-state index contributed by atoms with van der Waals surface area (Å²) in [6, 6.07) is 0. The zero-order chi connectivity index (χ0) is 9.52. The molecule has 0 aromatic heterocycles. The third-order valence-electron chi connectivity index (χ3n) is 3.39. The standard InChI is InChI=1S/C13H24/c1-3-4-10-13-11-8-6-5-7-9-12(13)2/h5-6,12-13H,3-4,7-11H2,1-2H3/b6-5-. The molecule has 0 spiro atoms. The van der Waals surface area contributed by atoms with E-state index in [9.17, 15) is 0 Å². The fourth-order valence-electron chi connectivity index (χ4n) is 2.32. The van der Waals surface area contributed by atoms with E-state index in [0.717, 1.165) is 11.8 Å². The van der Waals surface area contributed by atoms with Crippen LogP contribution in [0.15, 0.2) is 12.2 Å². The zero-order valence-corrected chi connectivity index (χ0v) is 9.26. The van der Waals surface area contributed by atoms with Crippen molar-refractivity contribution in [3.05, 3.63) is 12.2 Å². The second kappa shape index (κ2) is 6.23. The summed E-state index contributed by atoms with van der Waals surface area (Å²) in [6.07, 6.45) is 14.5. The molecule has 1 aliphatic carbocycles. The second-order valence-corrected chi connectivity index (χ2v) is 4.51. The molecule has 1 rings (SSSR count). The van der Waals surface area contributed by atoms with Crippen molar-refractivity contribution < 1.29 is 0 Å². The largest absolute Gasteiger partial charge is 0.0885 e. The van der Waals surface area contributed by atoms with Gasteiger partial charge in [-0.15, -0.1) is 0 Å². The highest BCUT2D eigenvalue weighted by Crippen LogP contribution is 2.28. The lowest BCUT2D eigenvalue weighted by molar-refractivity contribution is 0.291. The predicted molar refractivity (Wildman–Crippen MR) is 59.8 cm³/mol. The van der Waals surface area contributed by atoms with E-state index in [1.165, 1.54) is 44.9 Å². The Morgan fingerprint density at radius 3 is 2.54 bits per heavy atom. The minimum atomic E-state index is 0.955. The maximum absolute atomic E-state index is 2.44. The summed E-state index contributed by atoms with van der Waals surface area (Å²) < 4.78 is 0. The molecule has 0 bridgehead atoms. The van der Waals surface area contributed by atoms with Crippen molar-refractivity contribution in [1.82, 2.24) is 0 Å². The van der Waals surface area contributed by atoms with E-state index in [-0.39, 0.29) is 0 Å². The Hall–Kier alpha value is -0.260. The molecular weight excluding hydrogens is 156 g/mol. The molecule has 0 aromatic rings. The quantitative estimate of drug-likeness (QED) is 0.558. The zero-order valence-electron chi connectivity index (χ0n) is 9.26. The number of allylic oxidation sites excluding steroid dienone is 2. The lowest BCUT2D eigenvalue weighted by Gasteiger charge is -2.24. The van der Waals surface area contributed by atoms with E-state index < -0.39 is 0 Å². The molecule has 2 unspecified atom stereocenters. The van der Waals surface area contributed by atoms with Crippen molar-refractivity contribution in [1.29, 1.82) is 0 Å². The molecule has 76 valence electrons. The van der Waals surface area contributed by atoms with E-state index in [1.807, 2.05) is 0 Å². The summed E-state index contributed by atoms with van der Waals surface area (Å²) in [5.74, 6) is 1.96. The Kier molecular flexibility index (Phi) is 5.19. The molecule has 0 fully saturated rings. The highest BCUT2D eigenvalue weighted by Gasteiger charge is 2.16. The van der Waals surface area contributed by atoms with Crippen LogP contribution in [0.5, 0.6) is 0 Å². The van der Waals surface area contributed by atoms with Crippen LogP contribution in [0.4, 0.5) is 0 Å². The molecule has 0 saturated heterocycles. The van der Waals surface area contributed by atoms with Gasteiger partial charge in [0.05, 0.1) is 0 Å². The Balaban J connectivity index is 2.34. The second-order valence-electron chi connectivity index (χ2n) is 4.51. The van der Waals surface area contributed by atoms with E-state index in [2.05, 4.69) is 26.0 Å². The van der Waals surface area contributed by atoms with Crippen LogP contribution in [-0.4, -0.2) is 0 Å². The minimum absolute atomic E-state index is 0.955.